The lowest BCUT2D eigenvalue weighted by Crippen LogP contribution is -2.41. The molecule has 1 aromatic carbocycles. The normalized spacial score (nSPS) is 18.3. The van der Waals surface area contributed by atoms with Crippen LogP contribution in [0.1, 0.15) is 26.2 Å². The van der Waals surface area contributed by atoms with Crippen LogP contribution in [0.25, 0.3) is 10.2 Å². The van der Waals surface area contributed by atoms with E-state index in [0.717, 1.165) is 22.2 Å². The van der Waals surface area contributed by atoms with E-state index in [-0.39, 0.29) is 0 Å². The van der Waals surface area contributed by atoms with E-state index < -0.39 is 0 Å². The summed E-state index contributed by atoms with van der Waals surface area (Å²) >= 11 is 7.69. The minimum atomic E-state index is 0.561. The van der Waals surface area contributed by atoms with E-state index in [2.05, 4.69) is 22.1 Å². The maximum absolute atomic E-state index is 5.99. The van der Waals surface area contributed by atoms with Crippen LogP contribution in [0, 0.1) is 0 Å². The minimum Gasteiger partial charge on any atom is -0.360 e. The van der Waals surface area contributed by atoms with E-state index in [9.17, 15) is 0 Å². The maximum atomic E-state index is 5.99. The SMILES string of the molecule is CC(CNc1nc2cc(Cl)ccc2s1)N1CCCCC1. The summed E-state index contributed by atoms with van der Waals surface area (Å²) in [5, 5.41) is 5.21. The van der Waals surface area contributed by atoms with Crippen molar-refractivity contribution in [2.24, 2.45) is 0 Å². The molecule has 0 amide bonds. The van der Waals surface area contributed by atoms with Crippen molar-refractivity contribution in [1.29, 1.82) is 0 Å². The first-order valence-electron chi connectivity index (χ1n) is 7.26. The van der Waals surface area contributed by atoms with Gasteiger partial charge in [-0.3, -0.25) is 4.90 Å². The first-order chi connectivity index (χ1) is 9.72. The van der Waals surface area contributed by atoms with Crippen molar-refractivity contribution in [2.75, 3.05) is 25.0 Å². The summed E-state index contributed by atoms with van der Waals surface area (Å²) in [6, 6.07) is 6.44. The second-order valence-electron chi connectivity index (χ2n) is 5.46. The van der Waals surface area contributed by atoms with Crippen LogP contribution in [0.15, 0.2) is 18.2 Å². The molecule has 1 aliphatic heterocycles. The molecule has 1 aromatic heterocycles. The molecule has 20 heavy (non-hydrogen) atoms. The molecule has 108 valence electrons. The third-order valence-corrected chi connectivity index (χ3v) is 5.14. The number of halogens is 1. The highest BCUT2D eigenvalue weighted by Crippen LogP contribution is 2.28. The summed E-state index contributed by atoms with van der Waals surface area (Å²) < 4.78 is 1.18. The van der Waals surface area contributed by atoms with Gasteiger partial charge in [-0.15, -0.1) is 0 Å². The lowest BCUT2D eigenvalue weighted by Gasteiger charge is -2.32. The quantitative estimate of drug-likeness (QED) is 0.915. The Morgan fingerprint density at radius 3 is 2.95 bits per heavy atom. The molecule has 1 atom stereocenters. The molecule has 3 rings (SSSR count). The number of anilines is 1. The van der Waals surface area contributed by atoms with Crippen LogP contribution >= 0.6 is 22.9 Å². The second-order valence-corrected chi connectivity index (χ2v) is 6.92. The molecule has 0 saturated carbocycles. The van der Waals surface area contributed by atoms with Gasteiger partial charge < -0.3 is 5.32 Å². The average molecular weight is 310 g/mol. The zero-order valence-electron chi connectivity index (χ0n) is 11.7. The molecule has 0 spiro atoms. The Balaban J connectivity index is 1.61. The Kier molecular flexibility index (Phi) is 4.44. The van der Waals surface area contributed by atoms with Crippen LogP contribution < -0.4 is 5.32 Å². The van der Waals surface area contributed by atoms with E-state index in [1.165, 1.54) is 37.1 Å². The van der Waals surface area contributed by atoms with E-state index in [4.69, 9.17) is 11.6 Å². The Hall–Kier alpha value is -0.840. The van der Waals surface area contributed by atoms with Crippen molar-refractivity contribution >= 4 is 38.3 Å². The van der Waals surface area contributed by atoms with E-state index in [1.54, 1.807) is 11.3 Å². The molecule has 0 bridgehead atoms. The van der Waals surface area contributed by atoms with Crippen molar-refractivity contribution < 1.29 is 0 Å². The summed E-state index contributed by atoms with van der Waals surface area (Å²) in [6.07, 6.45) is 4.06. The third-order valence-electron chi connectivity index (χ3n) is 3.91. The first-order valence-corrected chi connectivity index (χ1v) is 8.46. The van der Waals surface area contributed by atoms with Crippen LogP contribution in [0.3, 0.4) is 0 Å². The number of benzene rings is 1. The number of hydrogen-bond donors (Lipinski definition) is 1. The molecule has 3 nitrogen and oxygen atoms in total. The number of fused-ring (bicyclic) bond motifs is 1. The van der Waals surface area contributed by atoms with Gasteiger partial charge in [-0.1, -0.05) is 29.4 Å². The number of aromatic nitrogens is 1. The summed E-state index contributed by atoms with van der Waals surface area (Å²) in [7, 11) is 0. The lowest BCUT2D eigenvalue weighted by atomic mass is 10.1. The fraction of sp³-hybridized carbons (Fsp3) is 0.533. The molecule has 2 aromatic rings. The highest BCUT2D eigenvalue weighted by atomic mass is 35.5. The molecule has 1 unspecified atom stereocenters. The fourth-order valence-electron chi connectivity index (χ4n) is 2.70. The van der Waals surface area contributed by atoms with Gasteiger partial charge >= 0.3 is 0 Å². The van der Waals surface area contributed by atoms with Crippen LogP contribution in [0.4, 0.5) is 5.13 Å². The van der Waals surface area contributed by atoms with Crippen molar-refractivity contribution in [3.8, 4) is 0 Å². The topological polar surface area (TPSA) is 28.2 Å². The molecule has 0 radical (unpaired) electrons. The standard InChI is InChI=1S/C15H20ClN3S/c1-11(19-7-3-2-4-8-19)10-17-15-18-13-9-12(16)5-6-14(13)20-15/h5-6,9,11H,2-4,7-8,10H2,1H3,(H,17,18). The van der Waals surface area contributed by atoms with E-state index in [1.807, 2.05) is 18.2 Å². The Bertz CT molecular complexity index is 578. The number of nitrogens with one attached hydrogen (secondary N) is 1. The van der Waals surface area contributed by atoms with Crippen molar-refractivity contribution in [3.63, 3.8) is 0 Å². The minimum absolute atomic E-state index is 0.561. The highest BCUT2D eigenvalue weighted by molar-refractivity contribution is 7.22. The maximum Gasteiger partial charge on any atom is 0.183 e. The van der Waals surface area contributed by atoms with Gasteiger partial charge in [0.05, 0.1) is 10.2 Å². The fourth-order valence-corrected chi connectivity index (χ4v) is 3.72. The molecule has 0 aliphatic carbocycles. The van der Waals surface area contributed by atoms with Gasteiger partial charge in [0.15, 0.2) is 5.13 Å². The number of hydrogen-bond acceptors (Lipinski definition) is 4. The smallest absolute Gasteiger partial charge is 0.183 e. The van der Waals surface area contributed by atoms with Crippen molar-refractivity contribution in [3.05, 3.63) is 23.2 Å². The zero-order chi connectivity index (χ0) is 13.9. The average Bonchev–Trinajstić information content (AvgIpc) is 2.87. The van der Waals surface area contributed by atoms with Crippen LogP contribution in [-0.4, -0.2) is 35.6 Å². The summed E-state index contributed by atoms with van der Waals surface area (Å²) in [5.41, 5.74) is 0.982. The lowest BCUT2D eigenvalue weighted by molar-refractivity contribution is 0.180. The summed E-state index contributed by atoms with van der Waals surface area (Å²) in [5.74, 6) is 0. The van der Waals surface area contributed by atoms with Gasteiger partial charge in [-0.05, 0) is 51.1 Å². The zero-order valence-corrected chi connectivity index (χ0v) is 13.3. The van der Waals surface area contributed by atoms with Gasteiger partial charge in [0.1, 0.15) is 0 Å². The first kappa shape index (κ1) is 14.1. The van der Waals surface area contributed by atoms with Crippen LogP contribution in [-0.2, 0) is 0 Å². The molecule has 1 N–H and O–H groups in total. The molecule has 5 heteroatoms. The van der Waals surface area contributed by atoms with Gasteiger partial charge in [-0.2, -0.15) is 0 Å². The Morgan fingerprint density at radius 2 is 2.15 bits per heavy atom. The summed E-state index contributed by atoms with van der Waals surface area (Å²) in [4.78, 5) is 7.17. The van der Waals surface area contributed by atoms with Crippen molar-refractivity contribution in [1.82, 2.24) is 9.88 Å². The van der Waals surface area contributed by atoms with Crippen LogP contribution in [0.5, 0.6) is 0 Å². The van der Waals surface area contributed by atoms with Gasteiger partial charge in [0.2, 0.25) is 0 Å². The predicted molar refractivity (Wildman–Crippen MR) is 88.0 cm³/mol. The van der Waals surface area contributed by atoms with E-state index in [0.29, 0.717) is 6.04 Å². The van der Waals surface area contributed by atoms with Gasteiger partial charge in [0, 0.05) is 17.6 Å². The van der Waals surface area contributed by atoms with Crippen LogP contribution in [0.2, 0.25) is 5.02 Å². The third kappa shape index (κ3) is 3.25. The molecule has 2 heterocycles. The van der Waals surface area contributed by atoms with Gasteiger partial charge in [-0.25, -0.2) is 4.98 Å². The molecule has 1 fully saturated rings. The van der Waals surface area contributed by atoms with Gasteiger partial charge in [0.25, 0.3) is 0 Å². The number of likely N-dealkylation sites (tertiary alicyclic amines) is 1. The predicted octanol–water partition coefficient (Wildman–Crippen LogP) is 4.24. The van der Waals surface area contributed by atoms with E-state index >= 15 is 0 Å². The number of thiazole rings is 1. The number of rotatable bonds is 4. The molecular formula is C15H20ClN3S. The summed E-state index contributed by atoms with van der Waals surface area (Å²) in [6.45, 7) is 5.71. The number of nitrogens with zero attached hydrogens (tertiary/aromatic N) is 2. The number of piperidine rings is 1. The molecular weight excluding hydrogens is 290 g/mol. The molecule has 1 aliphatic rings. The second kappa shape index (κ2) is 6.29. The molecule has 1 saturated heterocycles. The largest absolute Gasteiger partial charge is 0.360 e. The monoisotopic (exact) mass is 309 g/mol. The Morgan fingerprint density at radius 1 is 1.35 bits per heavy atom. The Labute approximate surface area is 128 Å². The van der Waals surface area contributed by atoms with Crippen molar-refractivity contribution in [2.45, 2.75) is 32.2 Å². The highest BCUT2D eigenvalue weighted by Gasteiger charge is 2.16.